The Morgan fingerprint density at radius 2 is 2.00 bits per heavy atom. The van der Waals surface area contributed by atoms with Gasteiger partial charge in [0.25, 0.3) is 5.91 Å². The molecular formula is C19H15Cl2N5O3S. The smallest absolute Gasteiger partial charge is 0.265 e. The number of rotatable bonds is 6. The molecule has 1 unspecified atom stereocenters. The first kappa shape index (κ1) is 20.4. The van der Waals surface area contributed by atoms with Crippen LogP contribution in [0.25, 0.3) is 15.5 Å². The molecule has 2 aromatic heterocycles. The van der Waals surface area contributed by atoms with Gasteiger partial charge in [0.2, 0.25) is 4.96 Å². The number of hydrogen-bond donors (Lipinski definition) is 1. The van der Waals surface area contributed by atoms with E-state index in [0.29, 0.717) is 32.2 Å². The first-order valence-electron chi connectivity index (χ1n) is 8.72. The average Bonchev–Trinajstić information content (AvgIpc) is 3.32. The molecule has 8 nitrogen and oxygen atoms in total. The highest BCUT2D eigenvalue weighted by molar-refractivity contribution is 7.19. The number of halogens is 2. The van der Waals surface area contributed by atoms with Crippen LogP contribution < -0.4 is 14.8 Å². The van der Waals surface area contributed by atoms with Gasteiger partial charge >= 0.3 is 0 Å². The molecule has 1 amide bonds. The Labute approximate surface area is 185 Å². The minimum atomic E-state index is -0.814. The van der Waals surface area contributed by atoms with E-state index in [1.54, 1.807) is 41.8 Å². The zero-order valence-corrected chi connectivity index (χ0v) is 18.1. The molecule has 0 aliphatic rings. The largest absolute Gasteiger partial charge is 0.495 e. The number of carbonyl (C=O) groups is 1. The highest BCUT2D eigenvalue weighted by Gasteiger charge is 2.19. The monoisotopic (exact) mass is 463 g/mol. The third-order valence-electron chi connectivity index (χ3n) is 4.16. The van der Waals surface area contributed by atoms with Gasteiger partial charge in [-0.2, -0.15) is 9.61 Å². The molecule has 1 atom stereocenters. The van der Waals surface area contributed by atoms with Crippen LogP contribution in [-0.4, -0.2) is 38.9 Å². The second kappa shape index (κ2) is 8.47. The Hall–Kier alpha value is -2.88. The molecule has 0 spiro atoms. The summed E-state index contributed by atoms with van der Waals surface area (Å²) in [6.07, 6.45) is 0.717. The minimum absolute atomic E-state index is 0.324. The Kier molecular flexibility index (Phi) is 5.76. The van der Waals surface area contributed by atoms with Gasteiger partial charge in [-0.15, -0.1) is 10.2 Å². The number of nitrogens with one attached hydrogen (secondary N) is 1. The average molecular weight is 464 g/mol. The van der Waals surface area contributed by atoms with E-state index < -0.39 is 6.10 Å². The fraction of sp³-hybridized carbons (Fsp3) is 0.158. The number of hydrogen-bond acceptors (Lipinski definition) is 7. The van der Waals surface area contributed by atoms with Crippen molar-refractivity contribution < 1.29 is 14.3 Å². The lowest BCUT2D eigenvalue weighted by atomic mass is 10.2. The zero-order valence-electron chi connectivity index (χ0n) is 15.8. The van der Waals surface area contributed by atoms with E-state index in [2.05, 4.69) is 20.6 Å². The first-order valence-corrected chi connectivity index (χ1v) is 10.3. The van der Waals surface area contributed by atoms with E-state index in [1.165, 1.54) is 24.8 Å². The van der Waals surface area contributed by atoms with Crippen molar-refractivity contribution in [3.63, 3.8) is 0 Å². The van der Waals surface area contributed by atoms with Crippen molar-refractivity contribution in [2.24, 2.45) is 0 Å². The molecule has 4 rings (SSSR count). The molecule has 0 saturated carbocycles. The summed E-state index contributed by atoms with van der Waals surface area (Å²) in [6, 6.07) is 10.2. The Morgan fingerprint density at radius 3 is 2.73 bits per heavy atom. The van der Waals surface area contributed by atoms with Crippen LogP contribution in [0, 0.1) is 0 Å². The fourth-order valence-electron chi connectivity index (χ4n) is 2.66. The third-order valence-corrected chi connectivity index (χ3v) is 5.65. The number of aromatic nitrogens is 4. The lowest BCUT2D eigenvalue weighted by molar-refractivity contribution is -0.122. The van der Waals surface area contributed by atoms with Gasteiger partial charge in [-0.25, -0.2) is 0 Å². The van der Waals surface area contributed by atoms with Crippen LogP contribution in [0.1, 0.15) is 6.92 Å². The van der Waals surface area contributed by atoms with Crippen LogP contribution in [0.2, 0.25) is 10.0 Å². The van der Waals surface area contributed by atoms with Gasteiger partial charge in [0, 0.05) is 10.6 Å². The topological polar surface area (TPSA) is 90.6 Å². The highest BCUT2D eigenvalue weighted by Crippen LogP contribution is 2.33. The Morgan fingerprint density at radius 1 is 1.20 bits per heavy atom. The molecule has 2 aromatic carbocycles. The first-order chi connectivity index (χ1) is 14.4. The number of nitrogens with zero attached hydrogens (tertiary/aromatic N) is 4. The molecule has 30 heavy (non-hydrogen) atoms. The molecule has 2 heterocycles. The summed E-state index contributed by atoms with van der Waals surface area (Å²) in [4.78, 5) is 13.4. The van der Waals surface area contributed by atoms with Crippen molar-refractivity contribution in [1.82, 2.24) is 19.8 Å². The van der Waals surface area contributed by atoms with Gasteiger partial charge < -0.3 is 14.8 Å². The maximum absolute atomic E-state index is 12.7. The van der Waals surface area contributed by atoms with Gasteiger partial charge in [-0.3, -0.25) is 4.79 Å². The van der Waals surface area contributed by atoms with Crippen LogP contribution in [0.4, 0.5) is 5.69 Å². The summed E-state index contributed by atoms with van der Waals surface area (Å²) in [5, 5.41) is 16.6. The van der Waals surface area contributed by atoms with E-state index in [1.807, 2.05) is 6.07 Å². The van der Waals surface area contributed by atoms with Crippen LogP contribution in [0.5, 0.6) is 11.5 Å². The summed E-state index contributed by atoms with van der Waals surface area (Å²) in [5.41, 5.74) is 1.29. The third kappa shape index (κ3) is 4.18. The molecule has 4 aromatic rings. The van der Waals surface area contributed by atoms with Gasteiger partial charge in [0.05, 0.1) is 17.8 Å². The summed E-state index contributed by atoms with van der Waals surface area (Å²) in [7, 11) is 1.53. The van der Waals surface area contributed by atoms with E-state index in [4.69, 9.17) is 32.7 Å². The van der Waals surface area contributed by atoms with Gasteiger partial charge in [0.15, 0.2) is 6.10 Å². The maximum atomic E-state index is 12.7. The summed E-state index contributed by atoms with van der Waals surface area (Å²) < 4.78 is 12.6. The minimum Gasteiger partial charge on any atom is -0.495 e. The summed E-state index contributed by atoms with van der Waals surface area (Å²) in [5.74, 6) is 0.505. The van der Waals surface area contributed by atoms with Gasteiger partial charge in [-0.1, -0.05) is 34.5 Å². The normalized spacial score (nSPS) is 12.0. The van der Waals surface area contributed by atoms with Crippen LogP contribution in [0.15, 0.2) is 42.7 Å². The summed E-state index contributed by atoms with van der Waals surface area (Å²) in [6.45, 7) is 1.62. The predicted molar refractivity (Wildman–Crippen MR) is 116 cm³/mol. The van der Waals surface area contributed by atoms with E-state index in [9.17, 15) is 4.79 Å². The Balaban J connectivity index is 1.54. The molecule has 0 aliphatic carbocycles. The number of amides is 1. The molecule has 0 saturated heterocycles. The van der Waals surface area contributed by atoms with E-state index in [0.717, 1.165) is 10.6 Å². The molecule has 0 bridgehead atoms. The van der Waals surface area contributed by atoms with Crippen molar-refractivity contribution in [3.05, 3.63) is 52.8 Å². The second-order valence-electron chi connectivity index (χ2n) is 6.20. The van der Waals surface area contributed by atoms with Crippen LogP contribution in [0.3, 0.4) is 0 Å². The number of anilines is 1. The standard InChI is InChI=1S/C19H15Cl2N5O3S/c1-10(29-15-6-4-12(20)8-13(15)21)17(27)23-14-7-11(3-5-16(14)28-2)18-25-26-9-22-24-19(26)30-18/h3-10H,1-2H3,(H,23,27). The number of fused-ring (bicyclic) bond motifs is 1. The Bertz CT molecular complexity index is 1200. The van der Waals surface area contributed by atoms with Crippen molar-refractivity contribution in [2.45, 2.75) is 13.0 Å². The number of benzene rings is 2. The van der Waals surface area contributed by atoms with Gasteiger partial charge in [-0.05, 0) is 43.3 Å². The number of carbonyl (C=O) groups excluding carboxylic acids is 1. The molecule has 1 N–H and O–H groups in total. The van der Waals surface area contributed by atoms with E-state index >= 15 is 0 Å². The maximum Gasteiger partial charge on any atom is 0.265 e. The fourth-order valence-corrected chi connectivity index (χ4v) is 3.93. The van der Waals surface area contributed by atoms with Gasteiger partial charge in [0.1, 0.15) is 22.8 Å². The van der Waals surface area contributed by atoms with Crippen LogP contribution >= 0.6 is 34.5 Å². The molecule has 154 valence electrons. The van der Waals surface area contributed by atoms with Crippen LogP contribution in [-0.2, 0) is 4.79 Å². The molecule has 0 fully saturated rings. The van der Waals surface area contributed by atoms with Crippen molar-refractivity contribution in [2.75, 3.05) is 12.4 Å². The predicted octanol–water partition coefficient (Wildman–Crippen LogP) is 4.57. The van der Waals surface area contributed by atoms with Crippen molar-refractivity contribution >= 4 is 51.1 Å². The number of ether oxygens (including phenoxy) is 2. The number of methoxy groups -OCH3 is 1. The molecule has 0 radical (unpaired) electrons. The quantitative estimate of drug-likeness (QED) is 0.450. The zero-order chi connectivity index (χ0) is 21.3. The summed E-state index contributed by atoms with van der Waals surface area (Å²) >= 11 is 13.4. The van der Waals surface area contributed by atoms with Crippen molar-refractivity contribution in [1.29, 1.82) is 0 Å². The molecule has 11 heteroatoms. The molecular weight excluding hydrogens is 449 g/mol. The highest BCUT2D eigenvalue weighted by atomic mass is 35.5. The second-order valence-corrected chi connectivity index (χ2v) is 8.00. The lowest BCUT2D eigenvalue weighted by Gasteiger charge is -2.17. The SMILES string of the molecule is COc1ccc(-c2nn3cnnc3s2)cc1NC(=O)C(C)Oc1ccc(Cl)cc1Cl. The van der Waals surface area contributed by atoms with E-state index in [-0.39, 0.29) is 5.91 Å². The lowest BCUT2D eigenvalue weighted by Crippen LogP contribution is -2.30. The van der Waals surface area contributed by atoms with Crippen molar-refractivity contribution in [3.8, 4) is 22.1 Å². The molecule has 0 aliphatic heterocycles.